The monoisotopic (exact) mass is 277 g/mol. The minimum atomic E-state index is -0.963. The highest BCUT2D eigenvalue weighted by molar-refractivity contribution is 5.97. The standard InChI is InChI=1S/C13H15N3O4/c17-11-7-14-10(6-15-11)13(20)16-9-4-2-1-3-8(9)5-12(18)19/h1-4,10,14H,5-7H2,(H,15,17)(H,16,20)(H,18,19). The van der Waals surface area contributed by atoms with Gasteiger partial charge in [-0.2, -0.15) is 0 Å². The third-order valence-corrected chi connectivity index (χ3v) is 2.95. The van der Waals surface area contributed by atoms with Crippen molar-refractivity contribution in [3.05, 3.63) is 29.8 Å². The molecule has 7 nitrogen and oxygen atoms in total. The first kappa shape index (κ1) is 14.0. The first-order valence-electron chi connectivity index (χ1n) is 6.17. The zero-order valence-corrected chi connectivity index (χ0v) is 10.7. The van der Waals surface area contributed by atoms with Crippen LogP contribution in [0.3, 0.4) is 0 Å². The second-order valence-electron chi connectivity index (χ2n) is 4.45. The summed E-state index contributed by atoms with van der Waals surface area (Å²) in [5, 5.41) is 16.9. The molecule has 0 saturated carbocycles. The van der Waals surface area contributed by atoms with Crippen molar-refractivity contribution >= 4 is 23.5 Å². The van der Waals surface area contributed by atoms with Crippen molar-refractivity contribution in [2.24, 2.45) is 0 Å². The van der Waals surface area contributed by atoms with E-state index in [1.807, 2.05) is 0 Å². The van der Waals surface area contributed by atoms with Crippen LogP contribution in [0, 0.1) is 0 Å². The average molecular weight is 277 g/mol. The van der Waals surface area contributed by atoms with Crippen LogP contribution in [-0.2, 0) is 20.8 Å². The third-order valence-electron chi connectivity index (χ3n) is 2.95. The Morgan fingerprint density at radius 3 is 2.75 bits per heavy atom. The number of piperazine rings is 1. The van der Waals surface area contributed by atoms with Crippen LogP contribution in [0.5, 0.6) is 0 Å². The minimum Gasteiger partial charge on any atom is -0.481 e. The van der Waals surface area contributed by atoms with Gasteiger partial charge < -0.3 is 15.7 Å². The molecule has 0 aliphatic carbocycles. The number of carboxylic acid groups (broad SMARTS) is 1. The maximum Gasteiger partial charge on any atom is 0.307 e. The first-order valence-corrected chi connectivity index (χ1v) is 6.17. The fourth-order valence-electron chi connectivity index (χ4n) is 1.93. The molecule has 7 heteroatoms. The molecule has 20 heavy (non-hydrogen) atoms. The van der Waals surface area contributed by atoms with Crippen LogP contribution in [0.15, 0.2) is 24.3 Å². The van der Waals surface area contributed by atoms with Crippen LogP contribution >= 0.6 is 0 Å². The predicted molar refractivity (Wildman–Crippen MR) is 71.2 cm³/mol. The molecular formula is C13H15N3O4. The summed E-state index contributed by atoms with van der Waals surface area (Å²) in [6.45, 7) is 0.306. The number of carbonyl (C=O) groups is 3. The number of carboxylic acids is 1. The van der Waals surface area contributed by atoms with Gasteiger partial charge in [0, 0.05) is 12.2 Å². The molecule has 2 rings (SSSR count). The normalized spacial score (nSPS) is 18.2. The van der Waals surface area contributed by atoms with Gasteiger partial charge in [-0.1, -0.05) is 18.2 Å². The van der Waals surface area contributed by atoms with Crippen molar-refractivity contribution in [1.82, 2.24) is 10.6 Å². The lowest BCUT2D eigenvalue weighted by atomic mass is 10.1. The molecule has 1 aliphatic rings. The molecule has 1 saturated heterocycles. The Bertz CT molecular complexity index is 534. The molecule has 0 spiro atoms. The van der Waals surface area contributed by atoms with E-state index in [9.17, 15) is 14.4 Å². The van der Waals surface area contributed by atoms with Crippen molar-refractivity contribution in [3.63, 3.8) is 0 Å². The van der Waals surface area contributed by atoms with E-state index in [4.69, 9.17) is 5.11 Å². The fourth-order valence-corrected chi connectivity index (χ4v) is 1.93. The molecule has 1 aliphatic heterocycles. The summed E-state index contributed by atoms with van der Waals surface area (Å²) < 4.78 is 0. The maximum absolute atomic E-state index is 12.0. The molecule has 1 heterocycles. The number of anilines is 1. The highest BCUT2D eigenvalue weighted by Gasteiger charge is 2.24. The molecular weight excluding hydrogens is 262 g/mol. The SMILES string of the molecule is O=C(O)Cc1ccccc1NC(=O)C1CNC(=O)CN1. The minimum absolute atomic E-state index is 0.0921. The van der Waals surface area contributed by atoms with E-state index >= 15 is 0 Å². The van der Waals surface area contributed by atoms with Crippen LogP contribution in [0.2, 0.25) is 0 Å². The van der Waals surface area contributed by atoms with Gasteiger partial charge in [-0.15, -0.1) is 0 Å². The Labute approximate surface area is 115 Å². The van der Waals surface area contributed by atoms with Gasteiger partial charge in [-0.3, -0.25) is 19.7 Å². The van der Waals surface area contributed by atoms with Gasteiger partial charge in [0.15, 0.2) is 0 Å². The van der Waals surface area contributed by atoms with Gasteiger partial charge in [-0.05, 0) is 11.6 Å². The number of hydrogen-bond acceptors (Lipinski definition) is 4. The predicted octanol–water partition coefficient (Wildman–Crippen LogP) is -0.660. The van der Waals surface area contributed by atoms with Crippen molar-refractivity contribution in [1.29, 1.82) is 0 Å². The van der Waals surface area contributed by atoms with E-state index in [1.54, 1.807) is 24.3 Å². The molecule has 1 aromatic rings. The van der Waals surface area contributed by atoms with E-state index in [0.717, 1.165) is 0 Å². The summed E-state index contributed by atoms with van der Waals surface area (Å²) in [5.41, 5.74) is 1.01. The zero-order valence-electron chi connectivity index (χ0n) is 10.7. The summed E-state index contributed by atoms with van der Waals surface area (Å²) in [6, 6.07) is 6.21. The molecule has 1 unspecified atom stereocenters. The van der Waals surface area contributed by atoms with Gasteiger partial charge >= 0.3 is 5.97 Å². The Hall–Kier alpha value is -2.41. The number of rotatable bonds is 4. The Kier molecular flexibility index (Phi) is 4.31. The van der Waals surface area contributed by atoms with Crippen LogP contribution in [-0.4, -0.2) is 42.0 Å². The summed E-state index contributed by atoms with van der Waals surface area (Å²) >= 11 is 0. The second kappa shape index (κ2) is 6.16. The largest absolute Gasteiger partial charge is 0.481 e. The number of amides is 2. The Balaban J connectivity index is 2.04. The number of hydrogen-bond donors (Lipinski definition) is 4. The second-order valence-corrected chi connectivity index (χ2v) is 4.45. The number of para-hydroxylation sites is 1. The summed E-state index contributed by atoms with van der Waals surface area (Å²) in [5.74, 6) is -1.42. The summed E-state index contributed by atoms with van der Waals surface area (Å²) in [4.78, 5) is 33.8. The van der Waals surface area contributed by atoms with Gasteiger partial charge in [0.05, 0.1) is 13.0 Å². The topological polar surface area (TPSA) is 108 Å². The maximum atomic E-state index is 12.0. The van der Waals surface area contributed by atoms with Crippen LogP contribution in [0.4, 0.5) is 5.69 Å². The first-order chi connectivity index (χ1) is 9.56. The molecule has 0 aromatic heterocycles. The van der Waals surface area contributed by atoms with Crippen molar-refractivity contribution in [2.75, 3.05) is 18.4 Å². The summed E-state index contributed by atoms with van der Waals surface area (Å²) in [6.07, 6.45) is -0.161. The molecule has 0 bridgehead atoms. The van der Waals surface area contributed by atoms with Gasteiger partial charge in [0.2, 0.25) is 11.8 Å². The van der Waals surface area contributed by atoms with Crippen molar-refractivity contribution < 1.29 is 19.5 Å². The number of aliphatic carboxylic acids is 1. The van der Waals surface area contributed by atoms with Gasteiger partial charge in [0.1, 0.15) is 6.04 Å². The number of carbonyl (C=O) groups excluding carboxylic acids is 2. The molecule has 1 fully saturated rings. The Morgan fingerprint density at radius 1 is 1.35 bits per heavy atom. The smallest absolute Gasteiger partial charge is 0.307 e. The molecule has 1 atom stereocenters. The highest BCUT2D eigenvalue weighted by atomic mass is 16.4. The van der Waals surface area contributed by atoms with Crippen LogP contribution in [0.25, 0.3) is 0 Å². The lowest BCUT2D eigenvalue weighted by molar-refractivity contribution is -0.136. The average Bonchev–Trinajstić information content (AvgIpc) is 2.41. The van der Waals surface area contributed by atoms with E-state index in [1.165, 1.54) is 0 Å². The van der Waals surface area contributed by atoms with Gasteiger partial charge in [-0.25, -0.2) is 0 Å². The number of nitrogens with one attached hydrogen (secondary N) is 3. The molecule has 0 radical (unpaired) electrons. The number of benzene rings is 1. The van der Waals surface area contributed by atoms with Crippen molar-refractivity contribution in [2.45, 2.75) is 12.5 Å². The van der Waals surface area contributed by atoms with E-state index in [2.05, 4.69) is 16.0 Å². The molecule has 106 valence electrons. The van der Waals surface area contributed by atoms with Crippen LogP contribution < -0.4 is 16.0 Å². The van der Waals surface area contributed by atoms with E-state index in [-0.39, 0.29) is 31.3 Å². The fraction of sp³-hybridized carbons (Fsp3) is 0.308. The van der Waals surface area contributed by atoms with Crippen molar-refractivity contribution in [3.8, 4) is 0 Å². The lowest BCUT2D eigenvalue weighted by Crippen LogP contribution is -2.56. The zero-order chi connectivity index (χ0) is 14.5. The molecule has 4 N–H and O–H groups in total. The van der Waals surface area contributed by atoms with E-state index < -0.39 is 12.0 Å². The molecule has 1 aromatic carbocycles. The summed E-state index contributed by atoms with van der Waals surface area (Å²) in [7, 11) is 0. The third kappa shape index (κ3) is 3.55. The molecule has 2 amide bonds. The highest BCUT2D eigenvalue weighted by Crippen LogP contribution is 2.16. The van der Waals surface area contributed by atoms with Gasteiger partial charge in [0.25, 0.3) is 0 Å². The Morgan fingerprint density at radius 2 is 2.10 bits per heavy atom. The lowest BCUT2D eigenvalue weighted by Gasteiger charge is -2.23. The van der Waals surface area contributed by atoms with E-state index in [0.29, 0.717) is 11.3 Å². The quantitative estimate of drug-likeness (QED) is 0.584. The van der Waals surface area contributed by atoms with Crippen LogP contribution in [0.1, 0.15) is 5.56 Å².